The van der Waals surface area contributed by atoms with Gasteiger partial charge >= 0.3 is 0 Å². The van der Waals surface area contributed by atoms with Crippen molar-refractivity contribution >= 4 is 5.78 Å². The lowest BCUT2D eigenvalue weighted by Crippen LogP contribution is -2.34. The molecule has 3 aliphatic rings. The van der Waals surface area contributed by atoms with Gasteiger partial charge in [0, 0.05) is 12.5 Å². The van der Waals surface area contributed by atoms with Crippen LogP contribution in [0.1, 0.15) is 42.7 Å². The number of aryl methyl sites for hydroxylation is 1. The van der Waals surface area contributed by atoms with E-state index in [-0.39, 0.29) is 12.0 Å². The highest BCUT2D eigenvalue weighted by Gasteiger charge is 2.45. The maximum Gasteiger partial charge on any atom is 0.165 e. The molecule has 0 spiro atoms. The number of rotatable bonds is 0. The number of benzene rings is 1. The zero-order valence-corrected chi connectivity index (χ0v) is 11.2. The van der Waals surface area contributed by atoms with Gasteiger partial charge in [-0.15, -0.1) is 0 Å². The van der Waals surface area contributed by atoms with E-state index in [0.29, 0.717) is 17.6 Å². The van der Waals surface area contributed by atoms with Gasteiger partial charge in [-0.3, -0.25) is 4.79 Å². The summed E-state index contributed by atoms with van der Waals surface area (Å²) in [6, 6.07) is 8.71. The standard InChI is InChI=1S/C17H20O2/c18-16-15-8-5-11-3-1-2-4-13(11)14(15)7-6-12-9-10-19-17(12)16/h1-4,12,14-15,17H,5-10H2. The largest absolute Gasteiger partial charge is 0.370 e. The quantitative estimate of drug-likeness (QED) is 0.713. The summed E-state index contributed by atoms with van der Waals surface area (Å²) in [5, 5.41) is 0. The predicted molar refractivity (Wildman–Crippen MR) is 73.1 cm³/mol. The van der Waals surface area contributed by atoms with Gasteiger partial charge in [0.15, 0.2) is 5.78 Å². The fraction of sp³-hybridized carbons (Fsp3) is 0.588. The molecule has 1 aliphatic heterocycles. The van der Waals surface area contributed by atoms with Crippen LogP contribution in [0.15, 0.2) is 24.3 Å². The number of ether oxygens (including phenoxy) is 1. The number of fused-ring (bicyclic) bond motifs is 4. The van der Waals surface area contributed by atoms with Crippen LogP contribution in [0, 0.1) is 11.8 Å². The Morgan fingerprint density at radius 1 is 1.00 bits per heavy atom. The van der Waals surface area contributed by atoms with Gasteiger partial charge in [0.25, 0.3) is 0 Å². The third-order valence-electron chi connectivity index (χ3n) is 5.37. The van der Waals surface area contributed by atoms with E-state index in [4.69, 9.17) is 4.74 Å². The van der Waals surface area contributed by atoms with Crippen LogP contribution in [0.4, 0.5) is 0 Å². The summed E-state index contributed by atoms with van der Waals surface area (Å²) in [5.41, 5.74) is 2.90. The molecular weight excluding hydrogens is 236 g/mol. The second kappa shape index (κ2) is 4.45. The van der Waals surface area contributed by atoms with E-state index in [9.17, 15) is 4.79 Å². The molecule has 0 N–H and O–H groups in total. The number of carbonyl (C=O) groups is 1. The van der Waals surface area contributed by atoms with Crippen molar-refractivity contribution in [3.05, 3.63) is 35.4 Å². The lowest BCUT2D eigenvalue weighted by atomic mass is 9.72. The van der Waals surface area contributed by atoms with Crippen LogP contribution in [0.3, 0.4) is 0 Å². The molecule has 2 heteroatoms. The molecule has 4 unspecified atom stereocenters. The van der Waals surface area contributed by atoms with E-state index in [0.717, 1.165) is 38.7 Å². The third-order valence-corrected chi connectivity index (χ3v) is 5.37. The molecule has 0 aromatic heterocycles. The first kappa shape index (κ1) is 11.7. The lowest BCUT2D eigenvalue weighted by Gasteiger charge is -2.32. The molecule has 1 heterocycles. The van der Waals surface area contributed by atoms with Crippen LogP contribution < -0.4 is 0 Å². The fourth-order valence-corrected chi connectivity index (χ4v) is 4.40. The zero-order valence-electron chi connectivity index (χ0n) is 11.2. The van der Waals surface area contributed by atoms with Gasteiger partial charge in [0.1, 0.15) is 6.10 Å². The molecule has 0 bridgehead atoms. The maximum absolute atomic E-state index is 12.7. The molecular formula is C17H20O2. The fourth-order valence-electron chi connectivity index (χ4n) is 4.40. The average molecular weight is 256 g/mol. The summed E-state index contributed by atoms with van der Waals surface area (Å²) in [7, 11) is 0. The Kier molecular flexibility index (Phi) is 2.73. The van der Waals surface area contributed by atoms with Gasteiger partial charge in [-0.1, -0.05) is 24.3 Å². The highest BCUT2D eigenvalue weighted by molar-refractivity contribution is 5.87. The molecule has 1 saturated carbocycles. The Morgan fingerprint density at radius 2 is 1.89 bits per heavy atom. The topological polar surface area (TPSA) is 26.3 Å². The minimum absolute atomic E-state index is 0.0831. The highest BCUT2D eigenvalue weighted by atomic mass is 16.5. The van der Waals surface area contributed by atoms with Crippen LogP contribution in [0.5, 0.6) is 0 Å². The highest BCUT2D eigenvalue weighted by Crippen LogP contribution is 2.46. The normalized spacial score (nSPS) is 37.2. The van der Waals surface area contributed by atoms with Gasteiger partial charge in [0.2, 0.25) is 0 Å². The molecule has 1 saturated heterocycles. The number of hydrogen-bond acceptors (Lipinski definition) is 2. The van der Waals surface area contributed by atoms with Crippen LogP contribution in [-0.2, 0) is 16.0 Å². The molecule has 1 aromatic carbocycles. The maximum atomic E-state index is 12.7. The molecule has 2 fully saturated rings. The molecule has 19 heavy (non-hydrogen) atoms. The van der Waals surface area contributed by atoms with Crippen LogP contribution in [-0.4, -0.2) is 18.5 Å². The van der Waals surface area contributed by atoms with Crippen molar-refractivity contribution in [2.75, 3.05) is 6.61 Å². The number of hydrogen-bond donors (Lipinski definition) is 0. The van der Waals surface area contributed by atoms with Crippen LogP contribution in [0.25, 0.3) is 0 Å². The summed E-state index contributed by atoms with van der Waals surface area (Å²) in [4.78, 5) is 12.7. The van der Waals surface area contributed by atoms with Crippen molar-refractivity contribution in [3.63, 3.8) is 0 Å². The molecule has 4 atom stereocenters. The van der Waals surface area contributed by atoms with Crippen LogP contribution >= 0.6 is 0 Å². The Bertz CT molecular complexity index is 508. The first-order valence-electron chi connectivity index (χ1n) is 7.58. The first-order valence-corrected chi connectivity index (χ1v) is 7.58. The van der Waals surface area contributed by atoms with Gasteiger partial charge < -0.3 is 4.74 Å². The van der Waals surface area contributed by atoms with Crippen molar-refractivity contribution in [3.8, 4) is 0 Å². The molecule has 0 amide bonds. The zero-order chi connectivity index (χ0) is 12.8. The number of carbonyl (C=O) groups excluding carboxylic acids is 1. The smallest absolute Gasteiger partial charge is 0.165 e. The third kappa shape index (κ3) is 1.77. The van der Waals surface area contributed by atoms with E-state index in [1.807, 2.05) is 0 Å². The van der Waals surface area contributed by atoms with Gasteiger partial charge in [-0.05, 0) is 55.1 Å². The second-order valence-electron chi connectivity index (χ2n) is 6.27. The minimum Gasteiger partial charge on any atom is -0.370 e. The summed E-state index contributed by atoms with van der Waals surface area (Å²) in [6.45, 7) is 0.787. The van der Waals surface area contributed by atoms with E-state index in [2.05, 4.69) is 24.3 Å². The summed E-state index contributed by atoms with van der Waals surface area (Å²) < 4.78 is 5.74. The van der Waals surface area contributed by atoms with E-state index >= 15 is 0 Å². The summed E-state index contributed by atoms with van der Waals surface area (Å²) >= 11 is 0. The van der Waals surface area contributed by atoms with Gasteiger partial charge in [0.05, 0.1) is 0 Å². The Balaban J connectivity index is 1.72. The van der Waals surface area contributed by atoms with E-state index in [1.165, 1.54) is 11.1 Å². The molecule has 2 nitrogen and oxygen atoms in total. The van der Waals surface area contributed by atoms with E-state index in [1.54, 1.807) is 0 Å². The molecule has 1 aromatic rings. The lowest BCUT2D eigenvalue weighted by molar-refractivity contribution is -0.133. The van der Waals surface area contributed by atoms with Crippen molar-refractivity contribution in [1.82, 2.24) is 0 Å². The number of Topliss-reactive ketones (excluding diaryl/α,β-unsaturated/α-hetero) is 1. The van der Waals surface area contributed by atoms with Crippen LogP contribution in [0.2, 0.25) is 0 Å². The van der Waals surface area contributed by atoms with Crippen molar-refractivity contribution in [2.45, 2.75) is 44.1 Å². The van der Waals surface area contributed by atoms with Crippen molar-refractivity contribution in [1.29, 1.82) is 0 Å². The summed E-state index contributed by atoms with van der Waals surface area (Å²) in [5.74, 6) is 1.56. The van der Waals surface area contributed by atoms with Crippen molar-refractivity contribution < 1.29 is 9.53 Å². The summed E-state index contributed by atoms with van der Waals surface area (Å²) in [6.07, 6.45) is 5.40. The Morgan fingerprint density at radius 3 is 2.84 bits per heavy atom. The SMILES string of the molecule is O=C1C2CCc3ccccc3C2CCC2CCOC12. The predicted octanol–water partition coefficient (Wildman–Crippen LogP) is 3.10. The molecule has 4 rings (SSSR count). The number of ketones is 1. The van der Waals surface area contributed by atoms with Gasteiger partial charge in [-0.2, -0.15) is 0 Å². The minimum atomic E-state index is -0.0831. The van der Waals surface area contributed by atoms with Crippen molar-refractivity contribution in [2.24, 2.45) is 11.8 Å². The molecule has 100 valence electrons. The van der Waals surface area contributed by atoms with E-state index < -0.39 is 0 Å². The monoisotopic (exact) mass is 256 g/mol. The Labute approximate surface area is 114 Å². The first-order chi connectivity index (χ1) is 9.34. The average Bonchev–Trinajstić information content (AvgIpc) is 2.87. The second-order valence-corrected chi connectivity index (χ2v) is 6.27. The molecule has 2 aliphatic carbocycles. The van der Waals surface area contributed by atoms with Gasteiger partial charge in [-0.25, -0.2) is 0 Å². The Hall–Kier alpha value is -1.15. The molecule has 0 radical (unpaired) electrons.